The monoisotopic (exact) mass is 389 g/mol. The van der Waals surface area contributed by atoms with Crippen LogP contribution in [0, 0.1) is 0 Å². The minimum absolute atomic E-state index is 0.0784. The number of esters is 1. The number of carbonyl (C=O) groups excluding carboxylic acids is 3. The fraction of sp³-hybridized carbons (Fsp3) is 0.368. The topological polar surface area (TPSA) is 97.4 Å². The average molecular weight is 389 g/mol. The van der Waals surface area contributed by atoms with Gasteiger partial charge in [0.25, 0.3) is 0 Å². The lowest BCUT2D eigenvalue weighted by Crippen LogP contribution is -2.38. The summed E-state index contributed by atoms with van der Waals surface area (Å²) in [5.74, 6) is -2.17. The molecule has 2 N–H and O–H groups in total. The van der Waals surface area contributed by atoms with Gasteiger partial charge in [-0.25, -0.2) is 4.98 Å². The lowest BCUT2D eigenvalue weighted by Gasteiger charge is -2.17. The Morgan fingerprint density at radius 1 is 1.15 bits per heavy atom. The molecule has 2 amide bonds. The minimum Gasteiger partial charge on any atom is -0.469 e. The number of rotatable bonds is 5. The van der Waals surface area contributed by atoms with Crippen LogP contribution in [-0.2, 0) is 24.5 Å². The molecule has 0 saturated heterocycles. The van der Waals surface area contributed by atoms with Crippen LogP contribution in [0.5, 0.6) is 0 Å². The maximum absolute atomic E-state index is 12.3. The number of carbonyl (C=O) groups is 3. The molecular formula is C19H23N3O4S. The number of hydrogen-bond acceptors (Lipinski definition) is 6. The van der Waals surface area contributed by atoms with Gasteiger partial charge in [-0.05, 0) is 5.56 Å². The van der Waals surface area contributed by atoms with Gasteiger partial charge in [-0.15, -0.1) is 11.3 Å². The molecule has 0 aliphatic heterocycles. The van der Waals surface area contributed by atoms with Gasteiger partial charge in [0, 0.05) is 10.8 Å². The summed E-state index contributed by atoms with van der Waals surface area (Å²) in [4.78, 5) is 40.5. The Kier molecular flexibility index (Phi) is 6.68. The van der Waals surface area contributed by atoms with E-state index < -0.39 is 23.8 Å². The van der Waals surface area contributed by atoms with Gasteiger partial charge in [0.1, 0.15) is 0 Å². The van der Waals surface area contributed by atoms with Crippen molar-refractivity contribution in [2.45, 2.75) is 38.6 Å². The summed E-state index contributed by atoms with van der Waals surface area (Å²) in [6, 6.07) is 8.26. The van der Waals surface area contributed by atoms with Crippen molar-refractivity contribution < 1.29 is 19.1 Å². The maximum Gasteiger partial charge on any atom is 0.315 e. The van der Waals surface area contributed by atoms with Gasteiger partial charge in [-0.2, -0.15) is 0 Å². The first-order chi connectivity index (χ1) is 12.7. The van der Waals surface area contributed by atoms with Crippen molar-refractivity contribution >= 4 is 34.3 Å². The number of anilines is 1. The molecule has 0 unspecified atom stereocenters. The summed E-state index contributed by atoms with van der Waals surface area (Å²) < 4.78 is 4.68. The second kappa shape index (κ2) is 8.77. The minimum atomic E-state index is -0.847. The molecule has 2 rings (SSSR count). The predicted molar refractivity (Wildman–Crippen MR) is 103 cm³/mol. The van der Waals surface area contributed by atoms with Gasteiger partial charge in [-0.3, -0.25) is 19.7 Å². The molecule has 7 nitrogen and oxygen atoms in total. The van der Waals surface area contributed by atoms with Gasteiger partial charge in [0.2, 0.25) is 0 Å². The number of thiazole rings is 1. The molecule has 0 saturated carbocycles. The Bertz CT molecular complexity index is 812. The Morgan fingerprint density at radius 2 is 1.81 bits per heavy atom. The average Bonchev–Trinajstić information content (AvgIpc) is 3.10. The molecule has 2 aromatic rings. The molecule has 8 heteroatoms. The molecule has 0 fully saturated rings. The lowest BCUT2D eigenvalue weighted by molar-refractivity contribution is -0.142. The predicted octanol–water partition coefficient (Wildman–Crippen LogP) is 2.80. The zero-order chi connectivity index (χ0) is 20.0. The molecular weight excluding hydrogens is 366 g/mol. The van der Waals surface area contributed by atoms with Crippen LogP contribution in [0.2, 0.25) is 0 Å². The third-order valence-electron chi connectivity index (χ3n) is 3.81. The van der Waals surface area contributed by atoms with Gasteiger partial charge < -0.3 is 10.1 Å². The van der Waals surface area contributed by atoms with Gasteiger partial charge in [0.05, 0.1) is 25.3 Å². The largest absolute Gasteiger partial charge is 0.469 e. The zero-order valence-corrected chi connectivity index (χ0v) is 16.6. The molecule has 0 bridgehead atoms. The number of hydrogen-bond donors (Lipinski definition) is 2. The van der Waals surface area contributed by atoms with Crippen LogP contribution in [0.3, 0.4) is 0 Å². The second-order valence-corrected chi connectivity index (χ2v) is 7.82. The number of nitrogens with one attached hydrogen (secondary N) is 2. The molecule has 0 aliphatic rings. The first kappa shape index (κ1) is 20.6. The van der Waals surface area contributed by atoms with Crippen molar-refractivity contribution in [1.82, 2.24) is 10.3 Å². The molecule has 144 valence electrons. The smallest absolute Gasteiger partial charge is 0.315 e. The second-order valence-electron chi connectivity index (χ2n) is 6.96. The summed E-state index contributed by atoms with van der Waals surface area (Å²) in [6.07, 6.45) is -0.0784. The molecule has 0 aliphatic carbocycles. The fourth-order valence-corrected chi connectivity index (χ4v) is 3.17. The Balaban J connectivity index is 2.06. The van der Waals surface area contributed by atoms with E-state index >= 15 is 0 Å². The highest BCUT2D eigenvalue weighted by molar-refractivity contribution is 7.14. The summed E-state index contributed by atoms with van der Waals surface area (Å²) in [6.45, 7) is 6.03. The highest BCUT2D eigenvalue weighted by Gasteiger charge is 2.24. The third-order valence-corrected chi connectivity index (χ3v) is 4.56. The number of ether oxygens (including phenoxy) is 1. The van der Waals surface area contributed by atoms with Crippen LogP contribution >= 0.6 is 11.3 Å². The Labute approximate surface area is 162 Å². The van der Waals surface area contributed by atoms with Crippen molar-refractivity contribution in [2.75, 3.05) is 12.4 Å². The first-order valence-electron chi connectivity index (χ1n) is 8.40. The molecule has 0 spiro atoms. The van der Waals surface area contributed by atoms with Gasteiger partial charge >= 0.3 is 17.8 Å². The summed E-state index contributed by atoms with van der Waals surface area (Å²) >= 11 is 1.25. The van der Waals surface area contributed by atoms with Crippen molar-refractivity contribution in [3.05, 3.63) is 47.0 Å². The molecule has 0 radical (unpaired) electrons. The number of aromatic nitrogens is 1. The van der Waals surface area contributed by atoms with Crippen LogP contribution in [-0.4, -0.2) is 29.9 Å². The number of benzene rings is 1. The van der Waals surface area contributed by atoms with E-state index in [4.69, 9.17) is 0 Å². The standard InChI is InChI=1S/C19H23N3O4S/c1-19(2,3)14-11-27-18(21-14)22-17(25)16(24)20-13(10-15(23)26-4)12-8-6-5-7-9-12/h5-9,11,13H,10H2,1-4H3,(H,20,24)(H,21,22,25)/t13-/m0/s1. The van der Waals surface area contributed by atoms with E-state index in [-0.39, 0.29) is 11.8 Å². The SMILES string of the molecule is COC(=O)C[C@H](NC(=O)C(=O)Nc1nc(C(C)(C)C)cs1)c1ccccc1. The summed E-state index contributed by atoms with van der Waals surface area (Å²) in [7, 11) is 1.27. The van der Waals surface area contributed by atoms with Gasteiger partial charge in [-0.1, -0.05) is 51.1 Å². The summed E-state index contributed by atoms with van der Waals surface area (Å²) in [5.41, 5.74) is 1.38. The molecule has 1 aromatic carbocycles. The van der Waals surface area contributed by atoms with E-state index in [0.29, 0.717) is 10.7 Å². The molecule has 1 atom stereocenters. The van der Waals surface area contributed by atoms with E-state index in [1.165, 1.54) is 18.4 Å². The third kappa shape index (κ3) is 5.89. The van der Waals surface area contributed by atoms with Crippen molar-refractivity contribution in [1.29, 1.82) is 0 Å². The van der Waals surface area contributed by atoms with Crippen LogP contribution < -0.4 is 10.6 Å². The highest BCUT2D eigenvalue weighted by Crippen LogP contribution is 2.26. The highest BCUT2D eigenvalue weighted by atomic mass is 32.1. The van der Waals surface area contributed by atoms with Gasteiger partial charge in [0.15, 0.2) is 5.13 Å². The van der Waals surface area contributed by atoms with Crippen molar-refractivity contribution in [2.24, 2.45) is 0 Å². The quantitative estimate of drug-likeness (QED) is 0.605. The zero-order valence-electron chi connectivity index (χ0n) is 15.7. The van der Waals surface area contributed by atoms with E-state index in [1.54, 1.807) is 24.3 Å². The van der Waals surface area contributed by atoms with E-state index in [0.717, 1.165) is 5.69 Å². The Morgan fingerprint density at radius 3 is 2.37 bits per heavy atom. The Hall–Kier alpha value is -2.74. The number of amides is 2. The first-order valence-corrected chi connectivity index (χ1v) is 9.28. The van der Waals surface area contributed by atoms with Crippen LogP contribution in [0.1, 0.15) is 44.5 Å². The van der Waals surface area contributed by atoms with Crippen molar-refractivity contribution in [3.63, 3.8) is 0 Å². The van der Waals surface area contributed by atoms with Crippen LogP contribution in [0.4, 0.5) is 5.13 Å². The molecule has 1 heterocycles. The van der Waals surface area contributed by atoms with E-state index in [2.05, 4.69) is 20.4 Å². The fourth-order valence-electron chi connectivity index (χ4n) is 2.24. The normalized spacial score (nSPS) is 12.1. The molecule has 27 heavy (non-hydrogen) atoms. The van der Waals surface area contributed by atoms with Crippen molar-refractivity contribution in [3.8, 4) is 0 Å². The number of nitrogens with zero attached hydrogens (tertiary/aromatic N) is 1. The maximum atomic E-state index is 12.3. The van der Waals surface area contributed by atoms with E-state index in [1.807, 2.05) is 32.2 Å². The van der Waals surface area contributed by atoms with E-state index in [9.17, 15) is 14.4 Å². The summed E-state index contributed by atoms with van der Waals surface area (Å²) in [5, 5.41) is 7.28. The van der Waals surface area contributed by atoms with Crippen LogP contribution in [0.25, 0.3) is 0 Å². The molecule has 1 aromatic heterocycles. The van der Waals surface area contributed by atoms with Crippen LogP contribution in [0.15, 0.2) is 35.7 Å². The number of methoxy groups -OCH3 is 1. The lowest BCUT2D eigenvalue weighted by atomic mass is 9.93.